The summed E-state index contributed by atoms with van der Waals surface area (Å²) in [4.78, 5) is 12.5. The number of carbonyl (C=O) groups is 1. The van der Waals surface area contributed by atoms with Crippen LogP contribution in [-0.2, 0) is 9.53 Å². The average Bonchev–Trinajstić information content (AvgIpc) is 2.96. The van der Waals surface area contributed by atoms with Crippen LogP contribution in [0.15, 0.2) is 0 Å². The van der Waals surface area contributed by atoms with E-state index in [0.29, 0.717) is 19.3 Å². The molecule has 1 saturated carbocycles. The molecule has 0 spiro atoms. The maximum absolute atomic E-state index is 12.5. The lowest BCUT2D eigenvalue weighted by Gasteiger charge is -2.30. The van der Waals surface area contributed by atoms with E-state index in [1.54, 1.807) is 0 Å². The standard InChI is InChI=1S/C17H32N2O2/c1-3-5-13-6-8-14(9-7-13)19-17(20)15-11-21-12-16(15)18-10-4-2/h13-16,18H,3-12H2,1-2H3,(H,19,20). The molecule has 21 heavy (non-hydrogen) atoms. The first kappa shape index (κ1) is 16.8. The Balaban J connectivity index is 1.74. The number of hydrogen-bond donors (Lipinski definition) is 2. The number of hydrogen-bond acceptors (Lipinski definition) is 3. The minimum atomic E-state index is -0.00934. The molecule has 122 valence electrons. The van der Waals surface area contributed by atoms with Crippen LogP contribution in [0.25, 0.3) is 0 Å². The molecule has 1 aliphatic heterocycles. The van der Waals surface area contributed by atoms with Gasteiger partial charge >= 0.3 is 0 Å². The van der Waals surface area contributed by atoms with Crippen LogP contribution in [0.2, 0.25) is 0 Å². The van der Waals surface area contributed by atoms with Crippen molar-refractivity contribution < 1.29 is 9.53 Å². The predicted octanol–water partition coefficient (Wildman–Crippen LogP) is 2.48. The minimum Gasteiger partial charge on any atom is -0.379 e. The van der Waals surface area contributed by atoms with E-state index in [-0.39, 0.29) is 17.9 Å². The van der Waals surface area contributed by atoms with Crippen LogP contribution < -0.4 is 10.6 Å². The Kier molecular flexibility index (Phi) is 6.97. The zero-order valence-electron chi connectivity index (χ0n) is 13.7. The van der Waals surface area contributed by atoms with Crippen molar-refractivity contribution in [2.24, 2.45) is 11.8 Å². The van der Waals surface area contributed by atoms with Crippen LogP contribution in [0.4, 0.5) is 0 Å². The summed E-state index contributed by atoms with van der Waals surface area (Å²) in [5.74, 6) is 1.07. The Bertz CT molecular complexity index is 314. The second-order valence-electron chi connectivity index (χ2n) is 6.72. The van der Waals surface area contributed by atoms with Gasteiger partial charge in [0, 0.05) is 12.1 Å². The third-order valence-electron chi connectivity index (χ3n) is 4.96. The Labute approximate surface area is 129 Å². The number of amides is 1. The molecule has 1 amide bonds. The zero-order valence-corrected chi connectivity index (χ0v) is 13.7. The molecule has 4 heteroatoms. The maximum atomic E-state index is 12.5. The Hall–Kier alpha value is -0.610. The molecule has 2 rings (SSSR count). The van der Waals surface area contributed by atoms with Gasteiger partial charge in [-0.05, 0) is 44.6 Å². The molecule has 0 aromatic heterocycles. The lowest BCUT2D eigenvalue weighted by molar-refractivity contribution is -0.126. The summed E-state index contributed by atoms with van der Waals surface area (Å²) in [5.41, 5.74) is 0. The molecule has 1 aliphatic carbocycles. The van der Waals surface area contributed by atoms with Crippen molar-refractivity contribution in [2.75, 3.05) is 19.8 Å². The molecule has 1 heterocycles. The molecule has 0 bridgehead atoms. The normalized spacial score (nSPS) is 33.0. The van der Waals surface area contributed by atoms with Crippen molar-refractivity contribution in [3.05, 3.63) is 0 Å². The molecule has 2 aliphatic rings. The van der Waals surface area contributed by atoms with Gasteiger partial charge in [0.1, 0.15) is 0 Å². The van der Waals surface area contributed by atoms with Gasteiger partial charge in [-0.1, -0.05) is 26.7 Å². The zero-order chi connectivity index (χ0) is 15.1. The van der Waals surface area contributed by atoms with E-state index in [1.807, 2.05) is 0 Å². The first-order valence-electron chi connectivity index (χ1n) is 8.86. The number of rotatable bonds is 7. The molecule has 0 aromatic rings. The molecule has 0 aromatic carbocycles. The smallest absolute Gasteiger partial charge is 0.227 e. The van der Waals surface area contributed by atoms with Crippen LogP contribution >= 0.6 is 0 Å². The Morgan fingerprint density at radius 3 is 2.52 bits per heavy atom. The van der Waals surface area contributed by atoms with Crippen LogP contribution in [0, 0.1) is 11.8 Å². The molecular formula is C17H32N2O2. The second-order valence-corrected chi connectivity index (χ2v) is 6.72. The summed E-state index contributed by atoms with van der Waals surface area (Å²) < 4.78 is 5.50. The summed E-state index contributed by atoms with van der Waals surface area (Å²) in [7, 11) is 0. The molecule has 4 nitrogen and oxygen atoms in total. The Morgan fingerprint density at radius 2 is 1.86 bits per heavy atom. The highest BCUT2D eigenvalue weighted by atomic mass is 16.5. The first-order chi connectivity index (χ1) is 10.2. The molecule has 2 N–H and O–H groups in total. The van der Waals surface area contributed by atoms with Gasteiger partial charge < -0.3 is 15.4 Å². The molecule has 0 radical (unpaired) electrons. The van der Waals surface area contributed by atoms with Crippen LogP contribution in [-0.4, -0.2) is 37.7 Å². The van der Waals surface area contributed by atoms with Crippen molar-refractivity contribution in [2.45, 2.75) is 70.9 Å². The highest BCUT2D eigenvalue weighted by Gasteiger charge is 2.34. The SMILES string of the molecule is CCCNC1COCC1C(=O)NC1CCC(CCC)CC1. The highest BCUT2D eigenvalue weighted by Crippen LogP contribution is 2.28. The second kappa shape index (κ2) is 8.74. The van der Waals surface area contributed by atoms with Gasteiger partial charge in [0.25, 0.3) is 0 Å². The summed E-state index contributed by atoms with van der Waals surface area (Å²) >= 11 is 0. The first-order valence-corrected chi connectivity index (χ1v) is 8.86. The van der Waals surface area contributed by atoms with Crippen LogP contribution in [0.3, 0.4) is 0 Å². The molecular weight excluding hydrogens is 264 g/mol. The summed E-state index contributed by atoms with van der Waals surface area (Å²) in [6, 6.07) is 0.583. The van der Waals surface area contributed by atoms with Gasteiger partial charge in [-0.25, -0.2) is 0 Å². The number of ether oxygens (including phenoxy) is 1. The lowest BCUT2D eigenvalue weighted by Crippen LogP contribution is -2.47. The van der Waals surface area contributed by atoms with Gasteiger partial charge in [0.15, 0.2) is 0 Å². The lowest BCUT2D eigenvalue weighted by atomic mass is 9.83. The van der Waals surface area contributed by atoms with Gasteiger partial charge in [-0.3, -0.25) is 4.79 Å². The van der Waals surface area contributed by atoms with Crippen molar-refractivity contribution in [1.82, 2.24) is 10.6 Å². The van der Waals surface area contributed by atoms with Crippen molar-refractivity contribution in [3.63, 3.8) is 0 Å². The van der Waals surface area contributed by atoms with E-state index < -0.39 is 0 Å². The van der Waals surface area contributed by atoms with E-state index in [0.717, 1.165) is 31.7 Å². The largest absolute Gasteiger partial charge is 0.379 e. The van der Waals surface area contributed by atoms with Gasteiger partial charge in [0.2, 0.25) is 5.91 Å². The monoisotopic (exact) mass is 296 g/mol. The van der Waals surface area contributed by atoms with E-state index in [9.17, 15) is 4.79 Å². The molecule has 2 fully saturated rings. The van der Waals surface area contributed by atoms with Crippen LogP contribution in [0.1, 0.15) is 58.8 Å². The highest BCUT2D eigenvalue weighted by molar-refractivity contribution is 5.80. The maximum Gasteiger partial charge on any atom is 0.227 e. The number of nitrogens with one attached hydrogen (secondary N) is 2. The molecule has 1 saturated heterocycles. The van der Waals surface area contributed by atoms with Crippen molar-refractivity contribution >= 4 is 5.91 Å². The van der Waals surface area contributed by atoms with Gasteiger partial charge in [-0.2, -0.15) is 0 Å². The van der Waals surface area contributed by atoms with E-state index in [1.165, 1.54) is 25.7 Å². The fraction of sp³-hybridized carbons (Fsp3) is 0.941. The predicted molar refractivity (Wildman–Crippen MR) is 85.2 cm³/mol. The summed E-state index contributed by atoms with van der Waals surface area (Å²) in [5, 5.41) is 6.71. The third kappa shape index (κ3) is 4.96. The van der Waals surface area contributed by atoms with Crippen molar-refractivity contribution in [1.29, 1.82) is 0 Å². The van der Waals surface area contributed by atoms with Crippen molar-refractivity contribution in [3.8, 4) is 0 Å². The van der Waals surface area contributed by atoms with E-state index >= 15 is 0 Å². The third-order valence-corrected chi connectivity index (χ3v) is 4.96. The van der Waals surface area contributed by atoms with E-state index in [2.05, 4.69) is 24.5 Å². The van der Waals surface area contributed by atoms with Gasteiger partial charge in [-0.15, -0.1) is 0 Å². The fourth-order valence-corrected chi connectivity index (χ4v) is 3.66. The minimum absolute atomic E-state index is 0.00934. The average molecular weight is 296 g/mol. The quantitative estimate of drug-likeness (QED) is 0.759. The van der Waals surface area contributed by atoms with Crippen LogP contribution in [0.5, 0.6) is 0 Å². The molecule has 2 atom stereocenters. The fourth-order valence-electron chi connectivity index (χ4n) is 3.66. The summed E-state index contributed by atoms with van der Waals surface area (Å²) in [6.07, 6.45) is 8.57. The van der Waals surface area contributed by atoms with E-state index in [4.69, 9.17) is 4.74 Å². The number of carbonyl (C=O) groups excluding carboxylic acids is 1. The van der Waals surface area contributed by atoms with Gasteiger partial charge in [0.05, 0.1) is 19.1 Å². The molecule has 2 unspecified atom stereocenters. The summed E-state index contributed by atoms with van der Waals surface area (Å²) in [6.45, 7) is 6.60. The Morgan fingerprint density at radius 1 is 1.10 bits per heavy atom. The topological polar surface area (TPSA) is 50.4 Å².